The second-order valence-corrected chi connectivity index (χ2v) is 9.97. The molecular formula is C28H34F4O. The van der Waals surface area contributed by atoms with Gasteiger partial charge in [0.25, 0.3) is 0 Å². The fourth-order valence-corrected chi connectivity index (χ4v) is 6.11. The van der Waals surface area contributed by atoms with Crippen molar-refractivity contribution < 1.29 is 22.3 Å². The first-order chi connectivity index (χ1) is 15.9. The smallest absolute Gasteiger partial charge is 0.387 e. The lowest BCUT2D eigenvalue weighted by atomic mass is 9.63. The number of hydrogen-bond acceptors (Lipinski definition) is 1. The lowest BCUT2D eigenvalue weighted by Gasteiger charge is -2.42. The molecule has 0 N–H and O–H groups in total. The maximum atomic E-state index is 14.1. The van der Waals surface area contributed by atoms with Gasteiger partial charge in [-0.1, -0.05) is 63.3 Å². The summed E-state index contributed by atoms with van der Waals surface area (Å²) in [6.45, 7) is -1.01. The average Bonchev–Trinajstić information content (AvgIpc) is 2.81. The van der Waals surface area contributed by atoms with E-state index in [2.05, 4.69) is 23.8 Å². The van der Waals surface area contributed by atoms with Crippen LogP contribution in [0.2, 0.25) is 0 Å². The third-order valence-electron chi connectivity index (χ3n) is 7.86. The molecule has 1 nitrogen and oxygen atoms in total. The number of hydrogen-bond donors (Lipinski definition) is 0. The van der Waals surface area contributed by atoms with Crippen LogP contribution in [0, 0.1) is 29.4 Å². The molecule has 2 aromatic carbocycles. The van der Waals surface area contributed by atoms with Crippen LogP contribution in [0.15, 0.2) is 36.4 Å². The monoisotopic (exact) mass is 462 g/mol. The fraction of sp³-hybridized carbons (Fsp3) is 0.571. The summed E-state index contributed by atoms with van der Waals surface area (Å²) >= 11 is 0. The summed E-state index contributed by atoms with van der Waals surface area (Å²) < 4.78 is 56.9. The van der Waals surface area contributed by atoms with Gasteiger partial charge < -0.3 is 4.74 Å². The Morgan fingerprint density at radius 1 is 0.848 bits per heavy atom. The molecule has 2 fully saturated rings. The zero-order chi connectivity index (χ0) is 23.4. The van der Waals surface area contributed by atoms with Crippen LogP contribution in [0.3, 0.4) is 0 Å². The van der Waals surface area contributed by atoms with Crippen molar-refractivity contribution in [3.8, 4) is 16.9 Å². The van der Waals surface area contributed by atoms with Crippen LogP contribution in [0.1, 0.15) is 82.6 Å². The van der Waals surface area contributed by atoms with Crippen molar-refractivity contribution >= 4 is 0 Å². The Bertz CT molecular complexity index is 888. The predicted octanol–water partition coefficient (Wildman–Crippen LogP) is 9.11. The van der Waals surface area contributed by atoms with Crippen molar-refractivity contribution in [2.75, 3.05) is 0 Å². The van der Waals surface area contributed by atoms with E-state index >= 15 is 0 Å². The van der Waals surface area contributed by atoms with E-state index in [0.717, 1.165) is 29.9 Å². The van der Waals surface area contributed by atoms with Crippen LogP contribution in [-0.4, -0.2) is 6.61 Å². The van der Waals surface area contributed by atoms with Crippen LogP contribution >= 0.6 is 0 Å². The molecule has 4 atom stereocenters. The molecule has 4 rings (SSSR count). The molecule has 33 heavy (non-hydrogen) atoms. The molecule has 0 spiro atoms. The van der Waals surface area contributed by atoms with E-state index in [-0.39, 0.29) is 0 Å². The highest BCUT2D eigenvalue weighted by molar-refractivity contribution is 5.65. The number of fused-ring (bicyclic) bond motifs is 1. The average molecular weight is 463 g/mol. The quantitative estimate of drug-likeness (QED) is 0.281. The minimum atomic E-state index is -3.27. The Balaban J connectivity index is 1.38. The first kappa shape index (κ1) is 24.1. The molecule has 2 aliphatic rings. The minimum absolute atomic E-state index is 0.309. The number of rotatable bonds is 8. The standard InChI is InChI=1S/C28H34F4O/c1-2-3-4-5-18-6-7-23-15-22(13-12-21(23)14-18)19-8-10-20(11-9-19)24-16-25(29)27(26(30)17-24)33-28(31)32/h8-11,16-18,21-23,28H,2-7,12-15H2,1H3. The molecule has 0 heterocycles. The van der Waals surface area contributed by atoms with Gasteiger partial charge in [0.2, 0.25) is 0 Å². The van der Waals surface area contributed by atoms with Gasteiger partial charge in [-0.05, 0) is 84.6 Å². The third-order valence-corrected chi connectivity index (χ3v) is 7.86. The van der Waals surface area contributed by atoms with Crippen LogP contribution in [-0.2, 0) is 0 Å². The number of halogens is 4. The highest BCUT2D eigenvalue weighted by atomic mass is 19.3. The van der Waals surface area contributed by atoms with Gasteiger partial charge in [0.15, 0.2) is 17.4 Å². The van der Waals surface area contributed by atoms with E-state index in [1.165, 1.54) is 69.8 Å². The van der Waals surface area contributed by atoms with Crippen molar-refractivity contribution in [1.82, 2.24) is 0 Å². The molecule has 4 unspecified atom stereocenters. The molecule has 0 saturated heterocycles. The summed E-state index contributed by atoms with van der Waals surface area (Å²) in [6.07, 6.45) is 13.3. The molecular weight excluding hydrogens is 428 g/mol. The largest absolute Gasteiger partial charge is 0.429 e. The summed E-state index contributed by atoms with van der Waals surface area (Å²) in [5, 5.41) is 0. The first-order valence-electron chi connectivity index (χ1n) is 12.5. The molecule has 0 radical (unpaired) electrons. The number of benzene rings is 2. The highest BCUT2D eigenvalue weighted by Gasteiger charge is 2.35. The molecule has 0 bridgehead atoms. The molecule has 2 aromatic rings. The second kappa shape index (κ2) is 10.9. The molecule has 0 aromatic heterocycles. The Kier molecular flexibility index (Phi) is 7.98. The zero-order valence-electron chi connectivity index (χ0n) is 19.3. The van der Waals surface area contributed by atoms with Gasteiger partial charge in [0.1, 0.15) is 0 Å². The molecule has 0 amide bonds. The van der Waals surface area contributed by atoms with Crippen molar-refractivity contribution in [2.24, 2.45) is 17.8 Å². The maximum Gasteiger partial charge on any atom is 0.387 e. The van der Waals surface area contributed by atoms with Gasteiger partial charge in [0, 0.05) is 0 Å². The minimum Gasteiger partial charge on any atom is -0.429 e. The van der Waals surface area contributed by atoms with E-state index in [0.29, 0.717) is 17.0 Å². The number of unbranched alkanes of at least 4 members (excludes halogenated alkanes) is 2. The van der Waals surface area contributed by atoms with Crippen LogP contribution in [0.5, 0.6) is 5.75 Å². The summed E-state index contributed by atoms with van der Waals surface area (Å²) in [4.78, 5) is 0. The van der Waals surface area contributed by atoms with Gasteiger partial charge in [-0.25, -0.2) is 8.78 Å². The summed E-state index contributed by atoms with van der Waals surface area (Å²) in [6, 6.07) is 9.92. The highest BCUT2D eigenvalue weighted by Crippen LogP contribution is 2.48. The molecule has 2 saturated carbocycles. The molecule has 5 heteroatoms. The Labute approximate surface area is 194 Å². The maximum absolute atomic E-state index is 14.1. The van der Waals surface area contributed by atoms with Gasteiger partial charge in [0.05, 0.1) is 0 Å². The Morgan fingerprint density at radius 3 is 2.18 bits per heavy atom. The van der Waals surface area contributed by atoms with Gasteiger partial charge in [-0.3, -0.25) is 0 Å². The van der Waals surface area contributed by atoms with Gasteiger partial charge >= 0.3 is 6.61 Å². The summed E-state index contributed by atoms with van der Waals surface area (Å²) in [5.74, 6) is -0.144. The van der Waals surface area contributed by atoms with Crippen molar-refractivity contribution in [1.29, 1.82) is 0 Å². The van der Waals surface area contributed by atoms with Crippen LogP contribution < -0.4 is 4.74 Å². The van der Waals surface area contributed by atoms with E-state index in [1.807, 2.05) is 12.1 Å². The van der Waals surface area contributed by atoms with E-state index < -0.39 is 24.0 Å². The van der Waals surface area contributed by atoms with Crippen molar-refractivity contribution in [2.45, 2.75) is 83.7 Å². The van der Waals surface area contributed by atoms with Crippen molar-refractivity contribution in [3.05, 3.63) is 53.6 Å². The van der Waals surface area contributed by atoms with Crippen LogP contribution in [0.25, 0.3) is 11.1 Å². The first-order valence-corrected chi connectivity index (χ1v) is 12.5. The third kappa shape index (κ3) is 5.91. The lowest BCUT2D eigenvalue weighted by Crippen LogP contribution is -2.30. The summed E-state index contributed by atoms with van der Waals surface area (Å²) in [7, 11) is 0. The van der Waals surface area contributed by atoms with E-state index in [9.17, 15) is 17.6 Å². The summed E-state index contributed by atoms with van der Waals surface area (Å²) in [5.41, 5.74) is 2.24. The molecule has 2 aliphatic carbocycles. The van der Waals surface area contributed by atoms with Crippen LogP contribution in [0.4, 0.5) is 17.6 Å². The molecule has 180 valence electrons. The lowest BCUT2D eigenvalue weighted by molar-refractivity contribution is -0.0546. The fourth-order valence-electron chi connectivity index (χ4n) is 6.11. The number of ether oxygens (including phenoxy) is 1. The van der Waals surface area contributed by atoms with E-state index in [4.69, 9.17) is 0 Å². The normalized spacial score (nSPS) is 25.2. The Hall–Kier alpha value is -2.04. The molecule has 0 aliphatic heterocycles. The second-order valence-electron chi connectivity index (χ2n) is 9.97. The SMILES string of the molecule is CCCCCC1CCC2CC(c3ccc(-c4cc(F)c(OC(F)F)c(F)c4)cc3)CCC2C1. The van der Waals surface area contributed by atoms with Gasteiger partial charge in [-0.15, -0.1) is 0 Å². The van der Waals surface area contributed by atoms with E-state index in [1.54, 1.807) is 0 Å². The number of alkyl halides is 2. The van der Waals surface area contributed by atoms with Crippen molar-refractivity contribution in [3.63, 3.8) is 0 Å². The Morgan fingerprint density at radius 2 is 1.52 bits per heavy atom. The van der Waals surface area contributed by atoms with Gasteiger partial charge in [-0.2, -0.15) is 8.78 Å². The zero-order valence-corrected chi connectivity index (χ0v) is 19.3. The topological polar surface area (TPSA) is 9.23 Å². The predicted molar refractivity (Wildman–Crippen MR) is 123 cm³/mol.